The predicted octanol–water partition coefficient (Wildman–Crippen LogP) is 2.61. The third kappa shape index (κ3) is 1.67. The minimum Gasteiger partial charge on any atom is -0.505 e. The number of phenols is 1. The number of rotatable bonds is 2. The summed E-state index contributed by atoms with van der Waals surface area (Å²) in [5.41, 5.74) is -0.319. The third-order valence-electron chi connectivity index (χ3n) is 1.93. The fourth-order valence-corrected chi connectivity index (χ4v) is 2.00. The smallest absolute Gasteiger partial charge is 0.177 e. The van der Waals surface area contributed by atoms with Crippen molar-refractivity contribution in [2.45, 2.75) is 0 Å². The van der Waals surface area contributed by atoms with Crippen molar-refractivity contribution in [3.05, 3.63) is 34.8 Å². The SMILES string of the molecule is O=Cc1csc(-c2c(F)ccc(O)c2F)n1. The van der Waals surface area contributed by atoms with E-state index in [1.54, 1.807) is 0 Å². The summed E-state index contributed by atoms with van der Waals surface area (Å²) in [6.07, 6.45) is 0.485. The van der Waals surface area contributed by atoms with Gasteiger partial charge in [-0.25, -0.2) is 13.8 Å². The van der Waals surface area contributed by atoms with Gasteiger partial charge in [0.05, 0.1) is 5.56 Å². The molecule has 2 aromatic rings. The van der Waals surface area contributed by atoms with E-state index in [1.165, 1.54) is 5.38 Å². The lowest BCUT2D eigenvalue weighted by molar-refractivity contribution is 0.111. The largest absolute Gasteiger partial charge is 0.505 e. The molecule has 0 bridgehead atoms. The second-order valence-electron chi connectivity index (χ2n) is 2.95. The Kier molecular flexibility index (Phi) is 2.66. The van der Waals surface area contributed by atoms with Gasteiger partial charge < -0.3 is 5.11 Å². The molecule has 2 rings (SSSR count). The summed E-state index contributed by atoms with van der Waals surface area (Å²) in [4.78, 5) is 14.1. The number of aldehydes is 1. The second-order valence-corrected chi connectivity index (χ2v) is 3.81. The van der Waals surface area contributed by atoms with Crippen LogP contribution in [-0.4, -0.2) is 16.4 Å². The fourth-order valence-electron chi connectivity index (χ4n) is 1.19. The molecule has 1 aromatic carbocycles. The average molecular weight is 241 g/mol. The topological polar surface area (TPSA) is 50.2 Å². The highest BCUT2D eigenvalue weighted by molar-refractivity contribution is 7.13. The summed E-state index contributed by atoms with van der Waals surface area (Å²) in [7, 11) is 0. The number of aromatic hydroxyl groups is 1. The Labute approximate surface area is 93.0 Å². The monoisotopic (exact) mass is 241 g/mol. The maximum Gasteiger partial charge on any atom is 0.177 e. The molecule has 0 atom stereocenters. The van der Waals surface area contributed by atoms with Crippen LogP contribution in [0.4, 0.5) is 8.78 Å². The van der Waals surface area contributed by atoms with Crippen molar-refractivity contribution in [1.29, 1.82) is 0 Å². The van der Waals surface area contributed by atoms with Crippen LogP contribution in [0.25, 0.3) is 10.6 Å². The van der Waals surface area contributed by atoms with Crippen LogP contribution >= 0.6 is 11.3 Å². The molecular formula is C10H5F2NO2S. The zero-order chi connectivity index (χ0) is 11.7. The average Bonchev–Trinajstić information content (AvgIpc) is 2.73. The van der Waals surface area contributed by atoms with Gasteiger partial charge >= 0.3 is 0 Å². The van der Waals surface area contributed by atoms with E-state index < -0.39 is 22.9 Å². The Morgan fingerprint density at radius 3 is 2.75 bits per heavy atom. The highest BCUT2D eigenvalue weighted by atomic mass is 32.1. The molecule has 1 heterocycles. The lowest BCUT2D eigenvalue weighted by atomic mass is 10.2. The molecule has 6 heteroatoms. The number of hydrogen-bond donors (Lipinski definition) is 1. The molecular weight excluding hydrogens is 236 g/mol. The molecule has 0 saturated carbocycles. The summed E-state index contributed by atoms with van der Waals surface area (Å²) >= 11 is 0.931. The van der Waals surface area contributed by atoms with Gasteiger partial charge in [-0.2, -0.15) is 0 Å². The van der Waals surface area contributed by atoms with E-state index in [1.807, 2.05) is 0 Å². The van der Waals surface area contributed by atoms with Gasteiger partial charge in [0.2, 0.25) is 0 Å². The standard InChI is InChI=1S/C10H5F2NO2S/c11-6-1-2-7(15)9(12)8(6)10-13-5(3-14)4-16-10/h1-4,15H. The first-order valence-corrected chi connectivity index (χ1v) is 5.09. The highest BCUT2D eigenvalue weighted by Crippen LogP contribution is 2.32. The molecule has 1 aromatic heterocycles. The highest BCUT2D eigenvalue weighted by Gasteiger charge is 2.18. The summed E-state index contributed by atoms with van der Waals surface area (Å²) in [5.74, 6) is -2.56. The lowest BCUT2D eigenvalue weighted by Gasteiger charge is -2.02. The van der Waals surface area contributed by atoms with Gasteiger partial charge in [0, 0.05) is 5.38 Å². The summed E-state index contributed by atoms with van der Waals surface area (Å²) in [6, 6.07) is 1.86. The predicted molar refractivity (Wildman–Crippen MR) is 54.5 cm³/mol. The summed E-state index contributed by atoms with van der Waals surface area (Å²) in [5, 5.41) is 10.5. The Morgan fingerprint density at radius 2 is 2.12 bits per heavy atom. The molecule has 0 radical (unpaired) electrons. The molecule has 0 aliphatic heterocycles. The number of carbonyl (C=O) groups is 1. The van der Waals surface area contributed by atoms with Crippen molar-refractivity contribution < 1.29 is 18.7 Å². The molecule has 82 valence electrons. The molecule has 0 spiro atoms. The minimum atomic E-state index is -1.08. The van der Waals surface area contributed by atoms with Crippen molar-refractivity contribution in [1.82, 2.24) is 4.98 Å². The zero-order valence-electron chi connectivity index (χ0n) is 7.78. The van der Waals surface area contributed by atoms with E-state index in [2.05, 4.69) is 4.98 Å². The Balaban J connectivity index is 2.63. The Hall–Kier alpha value is -1.82. The molecule has 1 N–H and O–H groups in total. The molecule has 0 aliphatic rings. The molecule has 0 fully saturated rings. The van der Waals surface area contributed by atoms with E-state index >= 15 is 0 Å². The second kappa shape index (κ2) is 3.97. The molecule has 0 saturated heterocycles. The number of aromatic nitrogens is 1. The van der Waals surface area contributed by atoms with Crippen molar-refractivity contribution in [3.63, 3.8) is 0 Å². The van der Waals surface area contributed by atoms with Crippen molar-refractivity contribution >= 4 is 17.6 Å². The molecule has 0 unspecified atom stereocenters. The van der Waals surface area contributed by atoms with Gasteiger partial charge in [-0.1, -0.05) is 0 Å². The van der Waals surface area contributed by atoms with Gasteiger partial charge in [0.15, 0.2) is 17.9 Å². The number of phenolic OH excluding ortho intramolecular Hbond substituents is 1. The summed E-state index contributed by atoms with van der Waals surface area (Å²) < 4.78 is 26.8. The molecule has 16 heavy (non-hydrogen) atoms. The normalized spacial score (nSPS) is 10.4. The Morgan fingerprint density at radius 1 is 1.38 bits per heavy atom. The van der Waals surface area contributed by atoms with Crippen molar-refractivity contribution in [2.75, 3.05) is 0 Å². The number of halogens is 2. The van der Waals surface area contributed by atoms with Crippen LogP contribution in [0.1, 0.15) is 10.5 Å². The van der Waals surface area contributed by atoms with Crippen LogP contribution in [0.3, 0.4) is 0 Å². The van der Waals surface area contributed by atoms with Crippen LogP contribution in [0.5, 0.6) is 5.75 Å². The Bertz CT molecular complexity index is 554. The van der Waals surface area contributed by atoms with Crippen LogP contribution in [-0.2, 0) is 0 Å². The van der Waals surface area contributed by atoms with E-state index in [0.29, 0.717) is 6.29 Å². The molecule has 3 nitrogen and oxygen atoms in total. The van der Waals surface area contributed by atoms with Gasteiger partial charge in [0.1, 0.15) is 16.5 Å². The van der Waals surface area contributed by atoms with Gasteiger partial charge in [0.25, 0.3) is 0 Å². The first-order chi connectivity index (χ1) is 7.63. The molecule has 0 aliphatic carbocycles. The van der Waals surface area contributed by atoms with Crippen LogP contribution in [0.2, 0.25) is 0 Å². The summed E-state index contributed by atoms with van der Waals surface area (Å²) in [6.45, 7) is 0. The van der Waals surface area contributed by atoms with Crippen LogP contribution in [0.15, 0.2) is 17.5 Å². The first kappa shape index (κ1) is 10.7. The molecule has 0 amide bonds. The number of hydrogen-bond acceptors (Lipinski definition) is 4. The maximum absolute atomic E-state index is 13.4. The van der Waals surface area contributed by atoms with Crippen LogP contribution < -0.4 is 0 Å². The number of thiazole rings is 1. The van der Waals surface area contributed by atoms with E-state index in [0.717, 1.165) is 23.5 Å². The van der Waals surface area contributed by atoms with Gasteiger partial charge in [-0.15, -0.1) is 11.3 Å². The van der Waals surface area contributed by atoms with Crippen molar-refractivity contribution in [2.24, 2.45) is 0 Å². The van der Waals surface area contributed by atoms with Crippen LogP contribution in [0, 0.1) is 11.6 Å². The van der Waals surface area contributed by atoms with E-state index in [4.69, 9.17) is 5.11 Å². The van der Waals surface area contributed by atoms with Crippen molar-refractivity contribution in [3.8, 4) is 16.3 Å². The minimum absolute atomic E-state index is 0.0213. The first-order valence-electron chi connectivity index (χ1n) is 4.21. The van der Waals surface area contributed by atoms with E-state index in [-0.39, 0.29) is 10.7 Å². The third-order valence-corrected chi connectivity index (χ3v) is 2.81. The number of nitrogens with zero attached hydrogens (tertiary/aromatic N) is 1. The fraction of sp³-hybridized carbons (Fsp3) is 0. The quantitative estimate of drug-likeness (QED) is 0.822. The zero-order valence-corrected chi connectivity index (χ0v) is 8.59. The van der Waals surface area contributed by atoms with Gasteiger partial charge in [-0.05, 0) is 12.1 Å². The number of carbonyl (C=O) groups excluding carboxylic acids is 1. The number of benzene rings is 1. The lowest BCUT2D eigenvalue weighted by Crippen LogP contribution is -1.90. The van der Waals surface area contributed by atoms with Gasteiger partial charge in [-0.3, -0.25) is 4.79 Å². The maximum atomic E-state index is 13.4. The van der Waals surface area contributed by atoms with E-state index in [9.17, 15) is 13.6 Å².